The Morgan fingerprint density at radius 3 is 2.76 bits per heavy atom. The Bertz CT molecular complexity index is 1170. The third kappa shape index (κ3) is 5.45. The van der Waals surface area contributed by atoms with E-state index in [-0.39, 0.29) is 12.2 Å². The molecule has 34 heavy (non-hydrogen) atoms. The van der Waals surface area contributed by atoms with Crippen molar-refractivity contribution in [3.8, 4) is 28.8 Å². The number of ether oxygens (including phenoxy) is 3. The van der Waals surface area contributed by atoms with Gasteiger partial charge in [-0.25, -0.2) is 9.97 Å². The Hall–Kier alpha value is -3.67. The predicted octanol–water partition coefficient (Wildman–Crippen LogP) is 4.06. The summed E-state index contributed by atoms with van der Waals surface area (Å²) in [5, 5.41) is 16.2. The van der Waals surface area contributed by atoms with Crippen molar-refractivity contribution in [1.82, 2.24) is 15.3 Å². The summed E-state index contributed by atoms with van der Waals surface area (Å²) in [7, 11) is 0. The summed E-state index contributed by atoms with van der Waals surface area (Å²) >= 11 is 0. The summed E-state index contributed by atoms with van der Waals surface area (Å²) in [5.74, 6) is 1.88. The van der Waals surface area contributed by atoms with Crippen molar-refractivity contribution in [3.05, 3.63) is 60.3 Å². The lowest BCUT2D eigenvalue weighted by atomic mass is 10.1. The van der Waals surface area contributed by atoms with Crippen LogP contribution in [-0.4, -0.2) is 48.5 Å². The Morgan fingerprint density at radius 1 is 1.03 bits per heavy atom. The van der Waals surface area contributed by atoms with Gasteiger partial charge in [-0.1, -0.05) is 6.07 Å². The lowest BCUT2D eigenvalue weighted by Crippen LogP contribution is -2.26. The number of aromatic nitrogens is 2. The van der Waals surface area contributed by atoms with Crippen LogP contribution in [0.2, 0.25) is 0 Å². The zero-order valence-corrected chi connectivity index (χ0v) is 18.9. The van der Waals surface area contributed by atoms with E-state index in [1.54, 1.807) is 6.20 Å². The van der Waals surface area contributed by atoms with Crippen LogP contribution in [0.25, 0.3) is 11.3 Å². The predicted molar refractivity (Wildman–Crippen MR) is 128 cm³/mol. The molecule has 1 unspecified atom stereocenters. The highest BCUT2D eigenvalue weighted by Gasteiger charge is 2.18. The van der Waals surface area contributed by atoms with Gasteiger partial charge in [-0.2, -0.15) is 5.26 Å². The molecule has 2 aliphatic rings. The zero-order valence-electron chi connectivity index (χ0n) is 18.9. The maximum Gasteiger partial charge on any atom is 0.227 e. The van der Waals surface area contributed by atoms with E-state index < -0.39 is 0 Å². The van der Waals surface area contributed by atoms with E-state index >= 15 is 0 Å². The van der Waals surface area contributed by atoms with Crippen LogP contribution >= 0.6 is 0 Å². The molecule has 2 fully saturated rings. The van der Waals surface area contributed by atoms with Crippen molar-refractivity contribution in [3.63, 3.8) is 0 Å². The van der Waals surface area contributed by atoms with Gasteiger partial charge in [0.1, 0.15) is 29.8 Å². The molecule has 1 atom stereocenters. The van der Waals surface area contributed by atoms with Gasteiger partial charge in [-0.05, 0) is 49.4 Å². The molecule has 0 saturated carbocycles. The molecule has 5 rings (SSSR count). The summed E-state index contributed by atoms with van der Waals surface area (Å²) in [4.78, 5) is 9.01. The van der Waals surface area contributed by atoms with Crippen LogP contribution in [0.1, 0.15) is 24.8 Å². The molecule has 0 amide bonds. The topological polar surface area (TPSA) is 101 Å². The largest absolute Gasteiger partial charge is 0.489 e. The van der Waals surface area contributed by atoms with E-state index in [4.69, 9.17) is 14.2 Å². The van der Waals surface area contributed by atoms with Gasteiger partial charge < -0.3 is 24.8 Å². The average molecular weight is 458 g/mol. The third-order valence-corrected chi connectivity index (χ3v) is 5.92. The zero-order chi connectivity index (χ0) is 23.2. The Balaban J connectivity index is 1.30. The van der Waals surface area contributed by atoms with Crippen molar-refractivity contribution in [1.29, 1.82) is 5.26 Å². The van der Waals surface area contributed by atoms with Crippen LogP contribution < -0.4 is 20.1 Å². The van der Waals surface area contributed by atoms with Gasteiger partial charge in [0.2, 0.25) is 5.95 Å². The fourth-order valence-corrected chi connectivity index (χ4v) is 4.13. The second kappa shape index (κ2) is 10.5. The molecule has 8 heteroatoms. The van der Waals surface area contributed by atoms with Crippen LogP contribution in [-0.2, 0) is 4.74 Å². The van der Waals surface area contributed by atoms with Crippen molar-refractivity contribution < 1.29 is 14.2 Å². The Labute approximate surface area is 198 Å². The van der Waals surface area contributed by atoms with Gasteiger partial charge in [0.05, 0.1) is 24.5 Å². The van der Waals surface area contributed by atoms with E-state index in [1.807, 2.05) is 48.5 Å². The molecule has 0 radical (unpaired) electrons. The van der Waals surface area contributed by atoms with Gasteiger partial charge in [0, 0.05) is 42.9 Å². The highest BCUT2D eigenvalue weighted by atomic mass is 16.5. The van der Waals surface area contributed by atoms with Crippen molar-refractivity contribution in [2.24, 2.45) is 0 Å². The molecular weight excluding hydrogens is 430 g/mol. The van der Waals surface area contributed by atoms with Crippen LogP contribution in [0.15, 0.2) is 54.7 Å². The summed E-state index contributed by atoms with van der Waals surface area (Å²) in [6, 6.07) is 17.5. The second-order valence-corrected chi connectivity index (χ2v) is 8.40. The summed E-state index contributed by atoms with van der Waals surface area (Å²) in [6.07, 6.45) is 4.64. The fraction of sp³-hybridized carbons (Fsp3) is 0.346. The normalized spacial score (nSPS) is 18.3. The minimum Gasteiger partial charge on any atom is -0.489 e. The highest BCUT2D eigenvalue weighted by molar-refractivity contribution is 5.66. The maximum atomic E-state index is 9.68. The first-order chi connectivity index (χ1) is 16.8. The molecule has 8 nitrogen and oxygen atoms in total. The molecular formula is C26H27N5O3. The number of anilines is 2. The molecule has 1 aromatic heterocycles. The minimum atomic E-state index is 0.0752. The number of nitriles is 1. The molecule has 3 heterocycles. The lowest BCUT2D eigenvalue weighted by molar-refractivity contribution is 0.0254. The van der Waals surface area contributed by atoms with Crippen molar-refractivity contribution in [2.45, 2.75) is 31.5 Å². The first-order valence-electron chi connectivity index (χ1n) is 11.6. The van der Waals surface area contributed by atoms with Gasteiger partial charge in [-0.15, -0.1) is 0 Å². The molecule has 2 aromatic carbocycles. The fourth-order valence-electron chi connectivity index (χ4n) is 4.13. The molecule has 0 bridgehead atoms. The Kier molecular flexibility index (Phi) is 6.84. The first-order valence-corrected chi connectivity index (χ1v) is 11.6. The van der Waals surface area contributed by atoms with Gasteiger partial charge in [-0.3, -0.25) is 0 Å². The van der Waals surface area contributed by atoms with Crippen LogP contribution in [0.4, 0.5) is 11.6 Å². The molecule has 0 spiro atoms. The monoisotopic (exact) mass is 457 g/mol. The molecule has 2 N–H and O–H groups in total. The standard InChI is InChI=1S/C26H27N5O3/c27-16-19-14-18(4-5-25(19)34-21-8-12-32-13-9-21)24-7-11-29-26(31-24)30-20-2-1-3-22(15-20)33-23-6-10-28-17-23/h1-5,7,11,14-15,21,23,28H,6,8-10,12-13,17H2,(H,29,30,31). The Morgan fingerprint density at radius 2 is 1.94 bits per heavy atom. The average Bonchev–Trinajstić information content (AvgIpc) is 3.38. The van der Waals surface area contributed by atoms with Gasteiger partial charge in [0.25, 0.3) is 0 Å². The van der Waals surface area contributed by atoms with Crippen LogP contribution in [0, 0.1) is 11.3 Å². The lowest BCUT2D eigenvalue weighted by Gasteiger charge is -2.23. The van der Waals surface area contributed by atoms with Gasteiger partial charge in [0.15, 0.2) is 0 Å². The van der Waals surface area contributed by atoms with E-state index in [9.17, 15) is 5.26 Å². The molecule has 3 aromatic rings. The van der Waals surface area contributed by atoms with E-state index in [0.29, 0.717) is 30.5 Å². The summed E-state index contributed by atoms with van der Waals surface area (Å²) in [5.41, 5.74) is 2.88. The molecule has 2 saturated heterocycles. The van der Waals surface area contributed by atoms with E-state index in [1.165, 1.54) is 0 Å². The van der Waals surface area contributed by atoms with Crippen LogP contribution in [0.3, 0.4) is 0 Å². The first kappa shape index (κ1) is 22.1. The number of hydrogen-bond acceptors (Lipinski definition) is 8. The minimum absolute atomic E-state index is 0.0752. The summed E-state index contributed by atoms with van der Waals surface area (Å²) in [6.45, 7) is 3.23. The van der Waals surface area contributed by atoms with E-state index in [2.05, 4.69) is 26.7 Å². The number of rotatable bonds is 7. The smallest absolute Gasteiger partial charge is 0.227 e. The van der Waals surface area contributed by atoms with Gasteiger partial charge >= 0.3 is 0 Å². The molecule has 0 aliphatic carbocycles. The quantitative estimate of drug-likeness (QED) is 0.548. The van der Waals surface area contributed by atoms with Crippen molar-refractivity contribution >= 4 is 11.6 Å². The highest BCUT2D eigenvalue weighted by Crippen LogP contribution is 2.28. The number of nitrogens with zero attached hydrogens (tertiary/aromatic N) is 3. The third-order valence-electron chi connectivity index (χ3n) is 5.92. The van der Waals surface area contributed by atoms with E-state index in [0.717, 1.165) is 55.0 Å². The molecule has 2 aliphatic heterocycles. The maximum absolute atomic E-state index is 9.68. The number of hydrogen-bond donors (Lipinski definition) is 2. The second-order valence-electron chi connectivity index (χ2n) is 8.40. The SMILES string of the molecule is N#Cc1cc(-c2ccnc(Nc3cccc(OC4CCNC4)c3)n2)ccc1OC1CCOCC1. The summed E-state index contributed by atoms with van der Waals surface area (Å²) < 4.78 is 17.5. The molecule has 174 valence electrons. The van der Waals surface area contributed by atoms with Crippen molar-refractivity contribution in [2.75, 3.05) is 31.6 Å². The number of benzene rings is 2. The van der Waals surface area contributed by atoms with Crippen LogP contribution in [0.5, 0.6) is 11.5 Å². The number of nitrogens with one attached hydrogen (secondary N) is 2.